The molecule has 2 aliphatic rings. The van der Waals surface area contributed by atoms with Crippen LogP contribution in [0.5, 0.6) is 11.5 Å². The van der Waals surface area contributed by atoms with E-state index >= 15 is 0 Å². The molecule has 0 saturated carbocycles. The normalized spacial score (nSPS) is 16.6. The van der Waals surface area contributed by atoms with Crippen LogP contribution in [0.1, 0.15) is 48.6 Å². The lowest BCUT2D eigenvalue weighted by atomic mass is 9.83. The summed E-state index contributed by atoms with van der Waals surface area (Å²) in [5.41, 5.74) is 6.39. The summed E-state index contributed by atoms with van der Waals surface area (Å²) < 4.78 is 14.3. The van der Waals surface area contributed by atoms with Gasteiger partial charge in [0.15, 0.2) is 4.80 Å². The minimum absolute atomic E-state index is 0.0353. The second-order valence-electron chi connectivity index (χ2n) is 9.56. The van der Waals surface area contributed by atoms with Crippen molar-refractivity contribution in [1.29, 1.82) is 0 Å². The van der Waals surface area contributed by atoms with Gasteiger partial charge < -0.3 is 9.47 Å². The third-order valence-corrected chi connectivity index (χ3v) is 7.86. The van der Waals surface area contributed by atoms with Crippen molar-refractivity contribution in [3.63, 3.8) is 0 Å². The van der Waals surface area contributed by atoms with Crippen molar-refractivity contribution in [3.05, 3.63) is 120 Å². The minimum Gasteiger partial charge on any atom is -0.496 e. The van der Waals surface area contributed by atoms with Gasteiger partial charge in [0.25, 0.3) is 5.56 Å². The number of rotatable bonds is 5. The van der Waals surface area contributed by atoms with Crippen molar-refractivity contribution in [2.45, 2.75) is 38.8 Å². The molecule has 1 aliphatic carbocycles. The van der Waals surface area contributed by atoms with Gasteiger partial charge in [-0.05, 0) is 56.0 Å². The molecule has 1 aliphatic heterocycles. The van der Waals surface area contributed by atoms with E-state index in [1.54, 1.807) is 7.11 Å². The fraction of sp³-hybridized carbons (Fsp3) is 0.226. The Labute approximate surface area is 219 Å². The molecule has 0 saturated heterocycles. The zero-order valence-electron chi connectivity index (χ0n) is 21.1. The van der Waals surface area contributed by atoms with Crippen LogP contribution in [0, 0.1) is 0 Å². The number of hydrogen-bond donors (Lipinski definition) is 0. The van der Waals surface area contributed by atoms with Gasteiger partial charge in [-0.3, -0.25) is 9.36 Å². The SMILES string of the molecule is COc1ccccc1C1C2=C(N=c3sc(=Cc4ccccc4OC(C)C)c(=O)n31)c1ccccc1CC2. The first-order valence-corrected chi connectivity index (χ1v) is 13.4. The molecule has 37 heavy (non-hydrogen) atoms. The zero-order chi connectivity index (χ0) is 25.5. The summed E-state index contributed by atoms with van der Waals surface area (Å²) in [7, 11) is 1.68. The van der Waals surface area contributed by atoms with E-state index in [-0.39, 0.29) is 17.7 Å². The number of nitrogens with zero attached hydrogens (tertiary/aromatic N) is 2. The Hall–Kier alpha value is -3.90. The van der Waals surface area contributed by atoms with Gasteiger partial charge in [-0.2, -0.15) is 0 Å². The van der Waals surface area contributed by atoms with Crippen LogP contribution in [-0.2, 0) is 6.42 Å². The van der Waals surface area contributed by atoms with Crippen molar-refractivity contribution < 1.29 is 9.47 Å². The standard InChI is InChI=1S/C31H28N2O3S/c1-19(2)36-25-14-8-5-11-21(25)18-27-30(34)33-29(23-13-7-9-15-26(23)35-3)24-17-16-20-10-4-6-12-22(20)28(24)32-31(33)37-27/h4-15,18-19,29H,16-17H2,1-3H3. The number of thiazole rings is 1. The highest BCUT2D eigenvalue weighted by Gasteiger charge is 2.34. The van der Waals surface area contributed by atoms with Crippen molar-refractivity contribution in [1.82, 2.24) is 4.57 Å². The molecular weight excluding hydrogens is 480 g/mol. The van der Waals surface area contributed by atoms with E-state index < -0.39 is 0 Å². The Bertz CT molecular complexity index is 1710. The number of fused-ring (bicyclic) bond motifs is 3. The molecule has 186 valence electrons. The van der Waals surface area contributed by atoms with Gasteiger partial charge in [-0.25, -0.2) is 4.99 Å². The maximum absolute atomic E-state index is 14.0. The lowest BCUT2D eigenvalue weighted by Gasteiger charge is -2.31. The lowest BCUT2D eigenvalue weighted by molar-refractivity contribution is 0.242. The first kappa shape index (κ1) is 23.5. The number of aromatic nitrogens is 1. The van der Waals surface area contributed by atoms with Gasteiger partial charge in [0.1, 0.15) is 11.5 Å². The van der Waals surface area contributed by atoms with Crippen LogP contribution in [0.25, 0.3) is 11.8 Å². The third-order valence-electron chi connectivity index (χ3n) is 6.87. The molecule has 3 aromatic carbocycles. The van der Waals surface area contributed by atoms with Crippen molar-refractivity contribution >= 4 is 23.1 Å². The van der Waals surface area contributed by atoms with Crippen LogP contribution in [0.2, 0.25) is 0 Å². The van der Waals surface area contributed by atoms with Crippen molar-refractivity contribution in [3.8, 4) is 11.5 Å². The van der Waals surface area contributed by atoms with E-state index in [0.29, 0.717) is 9.33 Å². The summed E-state index contributed by atoms with van der Waals surface area (Å²) in [6.45, 7) is 4.00. The molecule has 0 spiro atoms. The summed E-state index contributed by atoms with van der Waals surface area (Å²) >= 11 is 1.42. The highest BCUT2D eigenvalue weighted by molar-refractivity contribution is 7.07. The van der Waals surface area contributed by atoms with Gasteiger partial charge in [-0.15, -0.1) is 0 Å². The Kier molecular flexibility index (Phi) is 6.05. The van der Waals surface area contributed by atoms with Crippen LogP contribution in [0.3, 0.4) is 0 Å². The fourth-order valence-electron chi connectivity index (χ4n) is 5.29. The Morgan fingerprint density at radius 1 is 0.973 bits per heavy atom. The highest BCUT2D eigenvalue weighted by atomic mass is 32.1. The first-order chi connectivity index (χ1) is 18.0. The molecule has 4 aromatic rings. The van der Waals surface area contributed by atoms with E-state index in [9.17, 15) is 4.79 Å². The number of para-hydroxylation sites is 2. The number of allylic oxidation sites excluding steroid dienone is 1. The topological polar surface area (TPSA) is 52.8 Å². The van der Waals surface area contributed by atoms with Crippen LogP contribution >= 0.6 is 11.3 Å². The van der Waals surface area contributed by atoms with Crippen LogP contribution in [-0.4, -0.2) is 17.8 Å². The van der Waals surface area contributed by atoms with Crippen molar-refractivity contribution in [2.24, 2.45) is 4.99 Å². The summed E-state index contributed by atoms with van der Waals surface area (Å²) in [5.74, 6) is 1.53. The Morgan fingerprint density at radius 3 is 2.51 bits per heavy atom. The Balaban J connectivity index is 1.62. The van der Waals surface area contributed by atoms with Crippen LogP contribution in [0.15, 0.2) is 88.2 Å². The van der Waals surface area contributed by atoms with Gasteiger partial charge in [-0.1, -0.05) is 72.0 Å². The molecular formula is C31H28N2O3S. The largest absolute Gasteiger partial charge is 0.496 e. The van der Waals surface area contributed by atoms with Crippen LogP contribution < -0.4 is 24.4 Å². The predicted octanol–water partition coefficient (Wildman–Crippen LogP) is 5.11. The molecule has 0 amide bonds. The number of aryl methyl sites for hydroxylation is 1. The lowest BCUT2D eigenvalue weighted by Crippen LogP contribution is -2.39. The molecule has 0 N–H and O–H groups in total. The monoisotopic (exact) mass is 508 g/mol. The highest BCUT2D eigenvalue weighted by Crippen LogP contribution is 2.43. The molecule has 1 atom stereocenters. The van der Waals surface area contributed by atoms with E-state index in [0.717, 1.165) is 52.3 Å². The molecule has 0 bridgehead atoms. The quantitative estimate of drug-likeness (QED) is 0.376. The molecule has 0 fully saturated rings. The second-order valence-corrected chi connectivity index (χ2v) is 10.6. The molecule has 1 aromatic heterocycles. The minimum atomic E-state index is -0.278. The molecule has 1 unspecified atom stereocenters. The fourth-order valence-corrected chi connectivity index (χ4v) is 6.29. The molecule has 5 nitrogen and oxygen atoms in total. The van der Waals surface area contributed by atoms with Gasteiger partial charge in [0.05, 0.1) is 29.5 Å². The number of hydrogen-bond acceptors (Lipinski definition) is 5. The number of ether oxygens (including phenoxy) is 2. The van der Waals surface area contributed by atoms with Gasteiger partial charge in [0.2, 0.25) is 0 Å². The maximum atomic E-state index is 14.0. The molecule has 0 radical (unpaired) electrons. The maximum Gasteiger partial charge on any atom is 0.271 e. The van der Waals surface area contributed by atoms with E-state index in [4.69, 9.17) is 14.5 Å². The van der Waals surface area contributed by atoms with E-state index in [1.165, 1.54) is 16.9 Å². The van der Waals surface area contributed by atoms with Gasteiger partial charge >= 0.3 is 0 Å². The number of methoxy groups -OCH3 is 1. The zero-order valence-corrected chi connectivity index (χ0v) is 21.9. The molecule has 2 heterocycles. The van der Waals surface area contributed by atoms with E-state index in [2.05, 4.69) is 30.3 Å². The second kappa shape index (κ2) is 9.52. The van der Waals surface area contributed by atoms with E-state index in [1.807, 2.05) is 67.0 Å². The smallest absolute Gasteiger partial charge is 0.271 e. The summed E-state index contributed by atoms with van der Waals surface area (Å²) in [6, 6.07) is 24.0. The average Bonchev–Trinajstić information content (AvgIpc) is 3.22. The predicted molar refractivity (Wildman–Crippen MR) is 148 cm³/mol. The summed E-state index contributed by atoms with van der Waals surface area (Å²) in [4.78, 5) is 19.8. The van der Waals surface area contributed by atoms with Crippen LogP contribution in [0.4, 0.5) is 0 Å². The summed E-state index contributed by atoms with van der Waals surface area (Å²) in [5, 5.41) is 0. The Morgan fingerprint density at radius 2 is 1.70 bits per heavy atom. The molecule has 6 rings (SSSR count). The van der Waals surface area contributed by atoms with Gasteiger partial charge in [0, 0.05) is 16.7 Å². The molecule has 6 heteroatoms. The third kappa shape index (κ3) is 4.11. The summed E-state index contributed by atoms with van der Waals surface area (Å²) in [6.07, 6.45) is 3.72. The average molecular weight is 509 g/mol. The number of benzene rings is 3. The van der Waals surface area contributed by atoms with Crippen molar-refractivity contribution in [2.75, 3.05) is 7.11 Å². The first-order valence-electron chi connectivity index (χ1n) is 12.6.